The number of imide groups is 2. The van der Waals surface area contributed by atoms with E-state index in [2.05, 4.69) is 21.2 Å². The van der Waals surface area contributed by atoms with E-state index in [4.69, 9.17) is 9.47 Å². The molecular formula is C24H22BrFN2O5. The van der Waals surface area contributed by atoms with Gasteiger partial charge in [-0.05, 0) is 54.3 Å². The molecule has 1 saturated heterocycles. The minimum atomic E-state index is -0.739. The molecule has 7 nitrogen and oxygen atoms in total. The maximum absolute atomic E-state index is 13.4. The monoisotopic (exact) mass is 516 g/mol. The summed E-state index contributed by atoms with van der Waals surface area (Å²) < 4.78 is 25.2. The zero-order valence-corrected chi connectivity index (χ0v) is 19.5. The summed E-state index contributed by atoms with van der Waals surface area (Å²) in [6.07, 6.45) is 4.77. The summed E-state index contributed by atoms with van der Waals surface area (Å²) in [7, 11) is 1.47. The molecule has 0 atom stereocenters. The van der Waals surface area contributed by atoms with E-state index in [9.17, 15) is 18.8 Å². The second-order valence-electron chi connectivity index (χ2n) is 7.87. The predicted molar refractivity (Wildman–Crippen MR) is 122 cm³/mol. The van der Waals surface area contributed by atoms with E-state index >= 15 is 0 Å². The molecule has 2 aromatic carbocycles. The number of nitrogens with one attached hydrogen (secondary N) is 1. The average Bonchev–Trinajstić information content (AvgIpc) is 3.30. The molecule has 2 fully saturated rings. The predicted octanol–water partition coefficient (Wildman–Crippen LogP) is 4.58. The third-order valence-corrected chi connectivity index (χ3v) is 6.38. The van der Waals surface area contributed by atoms with Gasteiger partial charge in [0, 0.05) is 10.5 Å². The molecule has 33 heavy (non-hydrogen) atoms. The minimum absolute atomic E-state index is 0.125. The van der Waals surface area contributed by atoms with Crippen LogP contribution in [0.1, 0.15) is 36.8 Å². The van der Waals surface area contributed by atoms with Gasteiger partial charge in [-0.25, -0.2) is 9.18 Å². The first-order chi connectivity index (χ1) is 15.9. The Balaban J connectivity index is 1.60. The molecule has 1 saturated carbocycles. The zero-order valence-electron chi connectivity index (χ0n) is 17.9. The maximum Gasteiger partial charge on any atom is 0.331 e. The Hall–Kier alpha value is -3.20. The van der Waals surface area contributed by atoms with Crippen LogP contribution in [0.15, 0.2) is 46.4 Å². The van der Waals surface area contributed by atoms with E-state index in [0.717, 1.165) is 30.6 Å². The number of rotatable bonds is 6. The van der Waals surface area contributed by atoms with Crippen LogP contribution in [0.5, 0.6) is 11.5 Å². The molecule has 0 radical (unpaired) electrons. The molecule has 2 aromatic rings. The quantitative estimate of drug-likeness (QED) is 0.448. The Kier molecular flexibility index (Phi) is 6.78. The molecule has 1 aliphatic heterocycles. The van der Waals surface area contributed by atoms with Gasteiger partial charge in [0.25, 0.3) is 11.8 Å². The van der Waals surface area contributed by atoms with Crippen LogP contribution in [0.2, 0.25) is 0 Å². The first kappa shape index (κ1) is 23.0. The van der Waals surface area contributed by atoms with Crippen LogP contribution in [-0.4, -0.2) is 35.9 Å². The maximum atomic E-state index is 13.4. The zero-order chi connectivity index (χ0) is 23.5. The Morgan fingerprint density at radius 2 is 1.91 bits per heavy atom. The Bertz CT molecular complexity index is 1140. The van der Waals surface area contributed by atoms with Gasteiger partial charge in [-0.1, -0.05) is 40.9 Å². The average molecular weight is 517 g/mol. The van der Waals surface area contributed by atoms with Crippen molar-refractivity contribution in [3.8, 4) is 11.5 Å². The molecule has 0 bridgehead atoms. The number of carbonyl (C=O) groups excluding carboxylic acids is 3. The summed E-state index contributed by atoms with van der Waals surface area (Å²) in [5, 5.41) is 2.27. The number of carbonyl (C=O) groups is 3. The van der Waals surface area contributed by atoms with Crippen molar-refractivity contribution in [1.29, 1.82) is 0 Å². The second kappa shape index (κ2) is 9.74. The highest BCUT2D eigenvalue weighted by Gasteiger charge is 2.40. The molecule has 0 aromatic heterocycles. The molecule has 1 aliphatic carbocycles. The summed E-state index contributed by atoms with van der Waals surface area (Å²) in [5.74, 6) is -0.928. The van der Waals surface area contributed by atoms with E-state index in [1.807, 2.05) is 0 Å². The van der Waals surface area contributed by atoms with Gasteiger partial charge in [-0.3, -0.25) is 19.8 Å². The van der Waals surface area contributed by atoms with Crippen LogP contribution in [0.4, 0.5) is 9.18 Å². The number of urea groups is 1. The van der Waals surface area contributed by atoms with Gasteiger partial charge in [-0.2, -0.15) is 0 Å². The van der Waals surface area contributed by atoms with Gasteiger partial charge in [-0.15, -0.1) is 0 Å². The van der Waals surface area contributed by atoms with Crippen LogP contribution in [0.25, 0.3) is 6.08 Å². The number of nitrogens with zero attached hydrogens (tertiary/aromatic N) is 1. The van der Waals surface area contributed by atoms with Crippen molar-refractivity contribution < 1.29 is 28.2 Å². The van der Waals surface area contributed by atoms with Crippen molar-refractivity contribution in [2.24, 2.45) is 0 Å². The number of halogens is 2. The largest absolute Gasteiger partial charge is 0.493 e. The first-order valence-electron chi connectivity index (χ1n) is 10.5. The molecule has 2 aliphatic rings. The number of amides is 4. The van der Waals surface area contributed by atoms with Crippen LogP contribution in [-0.2, 0) is 16.2 Å². The normalized spacial score (nSPS) is 18.1. The Morgan fingerprint density at radius 1 is 1.15 bits per heavy atom. The van der Waals surface area contributed by atoms with Gasteiger partial charge >= 0.3 is 6.03 Å². The Morgan fingerprint density at radius 3 is 2.61 bits per heavy atom. The highest BCUT2D eigenvalue weighted by atomic mass is 79.9. The van der Waals surface area contributed by atoms with E-state index in [1.54, 1.807) is 24.3 Å². The molecule has 4 amide bonds. The first-order valence-corrected chi connectivity index (χ1v) is 11.3. The fraction of sp³-hybridized carbons (Fsp3) is 0.292. The lowest BCUT2D eigenvalue weighted by molar-refractivity contribution is -0.131. The molecule has 172 valence electrons. The van der Waals surface area contributed by atoms with Crippen molar-refractivity contribution >= 4 is 39.9 Å². The van der Waals surface area contributed by atoms with E-state index in [1.165, 1.54) is 25.3 Å². The van der Waals surface area contributed by atoms with Gasteiger partial charge in [0.15, 0.2) is 11.5 Å². The Labute approximate surface area is 198 Å². The summed E-state index contributed by atoms with van der Waals surface area (Å²) in [6.45, 7) is 0.125. The highest BCUT2D eigenvalue weighted by molar-refractivity contribution is 9.10. The lowest BCUT2D eigenvalue weighted by Crippen LogP contribution is -2.57. The highest BCUT2D eigenvalue weighted by Crippen LogP contribution is 2.36. The van der Waals surface area contributed by atoms with Crippen molar-refractivity contribution in [3.05, 3.63) is 63.4 Å². The lowest BCUT2D eigenvalue weighted by Gasteiger charge is -2.31. The molecule has 1 heterocycles. The topological polar surface area (TPSA) is 84.9 Å². The van der Waals surface area contributed by atoms with Crippen LogP contribution in [0, 0.1) is 5.82 Å². The van der Waals surface area contributed by atoms with Gasteiger partial charge in [0.1, 0.15) is 18.0 Å². The number of barbiturate groups is 1. The van der Waals surface area contributed by atoms with Crippen LogP contribution >= 0.6 is 15.9 Å². The SMILES string of the molecule is COc1cc(/C=C2\C(=O)NC(=O)N(C3CCCC3)C2=O)c(Br)cc1OCc1cccc(F)c1. The summed E-state index contributed by atoms with van der Waals surface area (Å²) in [4.78, 5) is 38.9. The van der Waals surface area contributed by atoms with Crippen molar-refractivity contribution in [1.82, 2.24) is 10.2 Å². The fourth-order valence-electron chi connectivity index (χ4n) is 4.04. The van der Waals surface area contributed by atoms with Gasteiger partial charge in [0.05, 0.1) is 7.11 Å². The number of hydrogen-bond acceptors (Lipinski definition) is 5. The van der Waals surface area contributed by atoms with Crippen molar-refractivity contribution in [2.75, 3.05) is 7.11 Å². The lowest BCUT2D eigenvalue weighted by atomic mass is 10.0. The van der Waals surface area contributed by atoms with Crippen molar-refractivity contribution in [3.63, 3.8) is 0 Å². The second-order valence-corrected chi connectivity index (χ2v) is 8.73. The number of ether oxygens (including phenoxy) is 2. The molecule has 4 rings (SSSR count). The van der Waals surface area contributed by atoms with Gasteiger partial charge in [0.2, 0.25) is 0 Å². The number of benzene rings is 2. The number of methoxy groups -OCH3 is 1. The summed E-state index contributed by atoms with van der Waals surface area (Å²) in [6, 6.07) is 8.47. The molecular weight excluding hydrogens is 495 g/mol. The smallest absolute Gasteiger partial charge is 0.331 e. The third kappa shape index (κ3) is 4.93. The number of hydrogen-bond donors (Lipinski definition) is 1. The van der Waals surface area contributed by atoms with Crippen LogP contribution in [0.3, 0.4) is 0 Å². The standard InChI is InChI=1S/C24H22BrFN2O5/c1-32-20-11-15(19(25)12-21(20)33-13-14-5-4-6-16(26)9-14)10-18-22(29)27-24(31)28(23(18)30)17-7-2-3-8-17/h4-6,9-12,17H,2-3,7-8,13H2,1H3,(H,27,29,31)/b18-10+. The van der Waals surface area contributed by atoms with Gasteiger partial charge < -0.3 is 9.47 Å². The fourth-order valence-corrected chi connectivity index (χ4v) is 4.48. The molecule has 0 spiro atoms. The molecule has 9 heteroatoms. The molecule has 1 N–H and O–H groups in total. The summed E-state index contributed by atoms with van der Waals surface area (Å²) in [5.41, 5.74) is 1.03. The van der Waals surface area contributed by atoms with E-state index in [-0.39, 0.29) is 24.0 Å². The summed E-state index contributed by atoms with van der Waals surface area (Å²) >= 11 is 3.44. The minimum Gasteiger partial charge on any atom is -0.493 e. The van der Waals surface area contributed by atoms with E-state index < -0.39 is 17.8 Å². The van der Waals surface area contributed by atoms with Crippen LogP contribution < -0.4 is 14.8 Å². The third-order valence-electron chi connectivity index (χ3n) is 5.69. The van der Waals surface area contributed by atoms with Crippen molar-refractivity contribution in [2.45, 2.75) is 38.3 Å². The van der Waals surface area contributed by atoms with E-state index in [0.29, 0.717) is 27.1 Å². The molecule has 0 unspecified atom stereocenters.